The summed E-state index contributed by atoms with van der Waals surface area (Å²) < 4.78 is 19.5. The molecule has 0 aliphatic carbocycles. The SMILES string of the molecule is COC(=O)c1ccccc1N(C)C(=O)c1ccc(=O)n(Cc2cccc(F)c2)c1. The Morgan fingerprint density at radius 1 is 1.07 bits per heavy atom. The van der Waals surface area contributed by atoms with Crippen molar-refractivity contribution in [2.45, 2.75) is 6.54 Å². The van der Waals surface area contributed by atoms with E-state index in [9.17, 15) is 18.8 Å². The Kier molecular flexibility index (Phi) is 5.87. The number of para-hydroxylation sites is 1. The molecule has 148 valence electrons. The highest BCUT2D eigenvalue weighted by molar-refractivity contribution is 6.09. The molecule has 3 rings (SSSR count). The Labute approximate surface area is 166 Å². The molecule has 0 N–H and O–H groups in total. The number of aromatic nitrogens is 1. The van der Waals surface area contributed by atoms with Crippen molar-refractivity contribution >= 4 is 17.6 Å². The zero-order valence-corrected chi connectivity index (χ0v) is 16.0. The van der Waals surface area contributed by atoms with Crippen LogP contribution in [0.25, 0.3) is 0 Å². The maximum Gasteiger partial charge on any atom is 0.339 e. The number of pyridine rings is 1. The molecule has 0 aliphatic heterocycles. The number of benzene rings is 2. The molecule has 29 heavy (non-hydrogen) atoms. The fraction of sp³-hybridized carbons (Fsp3) is 0.136. The summed E-state index contributed by atoms with van der Waals surface area (Å²) in [5.74, 6) is -1.37. The van der Waals surface area contributed by atoms with Crippen molar-refractivity contribution in [3.05, 3.63) is 99.7 Å². The van der Waals surface area contributed by atoms with E-state index in [0.29, 0.717) is 11.3 Å². The number of nitrogens with zero attached hydrogens (tertiary/aromatic N) is 2. The third-order valence-electron chi connectivity index (χ3n) is 4.45. The monoisotopic (exact) mass is 394 g/mol. The van der Waals surface area contributed by atoms with Crippen LogP contribution < -0.4 is 10.5 Å². The van der Waals surface area contributed by atoms with Crippen molar-refractivity contribution in [1.82, 2.24) is 4.57 Å². The summed E-state index contributed by atoms with van der Waals surface area (Å²) >= 11 is 0. The molecule has 0 saturated carbocycles. The van der Waals surface area contributed by atoms with E-state index in [4.69, 9.17) is 4.74 Å². The van der Waals surface area contributed by atoms with E-state index in [-0.39, 0.29) is 23.2 Å². The molecule has 0 spiro atoms. The van der Waals surface area contributed by atoms with Crippen LogP contribution in [0.3, 0.4) is 0 Å². The molecule has 3 aromatic rings. The molecule has 1 amide bonds. The molecular weight excluding hydrogens is 375 g/mol. The van der Waals surface area contributed by atoms with Gasteiger partial charge in [0.2, 0.25) is 0 Å². The summed E-state index contributed by atoms with van der Waals surface area (Å²) in [6.07, 6.45) is 1.42. The highest BCUT2D eigenvalue weighted by atomic mass is 19.1. The molecule has 0 radical (unpaired) electrons. The number of rotatable bonds is 5. The van der Waals surface area contributed by atoms with Gasteiger partial charge in [0, 0.05) is 19.3 Å². The Morgan fingerprint density at radius 2 is 1.83 bits per heavy atom. The Balaban J connectivity index is 1.92. The molecule has 0 bridgehead atoms. The molecule has 0 atom stereocenters. The number of anilines is 1. The topological polar surface area (TPSA) is 68.6 Å². The largest absolute Gasteiger partial charge is 0.465 e. The van der Waals surface area contributed by atoms with Crippen molar-refractivity contribution in [3.63, 3.8) is 0 Å². The fourth-order valence-electron chi connectivity index (χ4n) is 2.97. The predicted molar refractivity (Wildman–Crippen MR) is 107 cm³/mol. The normalized spacial score (nSPS) is 10.4. The number of amides is 1. The molecule has 0 unspecified atom stereocenters. The first-order valence-electron chi connectivity index (χ1n) is 8.81. The molecule has 0 aliphatic rings. The lowest BCUT2D eigenvalue weighted by molar-refractivity contribution is 0.0601. The van der Waals surface area contributed by atoms with Crippen LogP contribution in [-0.4, -0.2) is 30.6 Å². The lowest BCUT2D eigenvalue weighted by atomic mass is 10.1. The number of methoxy groups -OCH3 is 1. The lowest BCUT2D eigenvalue weighted by Gasteiger charge is -2.20. The summed E-state index contributed by atoms with van der Waals surface area (Å²) in [4.78, 5) is 38.5. The first-order valence-corrected chi connectivity index (χ1v) is 8.81. The molecular formula is C22H19FN2O4. The zero-order valence-electron chi connectivity index (χ0n) is 16.0. The molecule has 1 aromatic heterocycles. The second-order valence-electron chi connectivity index (χ2n) is 6.39. The van der Waals surface area contributed by atoms with Gasteiger partial charge in [0.1, 0.15) is 5.82 Å². The van der Waals surface area contributed by atoms with Gasteiger partial charge in [-0.2, -0.15) is 0 Å². The average molecular weight is 394 g/mol. The van der Waals surface area contributed by atoms with Crippen LogP contribution in [0.4, 0.5) is 10.1 Å². The van der Waals surface area contributed by atoms with Crippen LogP contribution in [0.2, 0.25) is 0 Å². The van der Waals surface area contributed by atoms with E-state index in [1.54, 1.807) is 36.4 Å². The van der Waals surface area contributed by atoms with Gasteiger partial charge in [0.05, 0.1) is 30.5 Å². The number of ether oxygens (including phenoxy) is 1. The van der Waals surface area contributed by atoms with Crippen molar-refractivity contribution in [3.8, 4) is 0 Å². The minimum Gasteiger partial charge on any atom is -0.465 e. The van der Waals surface area contributed by atoms with Crippen molar-refractivity contribution in [1.29, 1.82) is 0 Å². The molecule has 7 heteroatoms. The van der Waals surface area contributed by atoms with E-state index >= 15 is 0 Å². The fourth-order valence-corrected chi connectivity index (χ4v) is 2.97. The van der Waals surface area contributed by atoms with Gasteiger partial charge < -0.3 is 14.2 Å². The highest BCUT2D eigenvalue weighted by Gasteiger charge is 2.20. The van der Waals surface area contributed by atoms with Gasteiger partial charge in [-0.15, -0.1) is 0 Å². The summed E-state index contributed by atoms with van der Waals surface area (Å²) in [5.41, 5.74) is 1.17. The molecule has 1 heterocycles. The smallest absolute Gasteiger partial charge is 0.339 e. The minimum absolute atomic E-state index is 0.125. The number of halogens is 1. The maximum atomic E-state index is 13.4. The van der Waals surface area contributed by atoms with Crippen molar-refractivity contribution in [2.24, 2.45) is 0 Å². The number of carbonyl (C=O) groups is 2. The average Bonchev–Trinajstić information content (AvgIpc) is 2.73. The van der Waals surface area contributed by atoms with Gasteiger partial charge in [-0.3, -0.25) is 9.59 Å². The van der Waals surface area contributed by atoms with Gasteiger partial charge in [-0.1, -0.05) is 24.3 Å². The van der Waals surface area contributed by atoms with E-state index in [1.807, 2.05) is 0 Å². The second-order valence-corrected chi connectivity index (χ2v) is 6.39. The van der Waals surface area contributed by atoms with Crippen molar-refractivity contribution in [2.75, 3.05) is 19.1 Å². The number of esters is 1. The van der Waals surface area contributed by atoms with Crippen LogP contribution >= 0.6 is 0 Å². The molecule has 0 fully saturated rings. The van der Waals surface area contributed by atoms with E-state index in [0.717, 1.165) is 0 Å². The second kappa shape index (κ2) is 8.52. The Hall–Kier alpha value is -3.74. The van der Waals surface area contributed by atoms with E-state index < -0.39 is 17.7 Å². The third-order valence-corrected chi connectivity index (χ3v) is 4.45. The van der Waals surface area contributed by atoms with Gasteiger partial charge >= 0.3 is 5.97 Å². The summed E-state index contributed by atoms with van der Waals surface area (Å²) in [5, 5.41) is 0. The number of hydrogen-bond donors (Lipinski definition) is 0. The standard InChI is InChI=1S/C22H19FN2O4/c1-24(19-9-4-3-8-18(19)22(28)29-2)21(27)16-10-11-20(26)25(14-16)13-15-6-5-7-17(23)12-15/h3-12,14H,13H2,1-2H3. The van der Waals surface area contributed by atoms with E-state index in [2.05, 4.69) is 0 Å². The van der Waals surface area contributed by atoms with Crippen LogP contribution in [-0.2, 0) is 11.3 Å². The first kappa shape index (κ1) is 20.0. The summed E-state index contributed by atoms with van der Waals surface area (Å²) in [6.45, 7) is 0.125. The van der Waals surface area contributed by atoms with Gasteiger partial charge in [-0.25, -0.2) is 9.18 Å². The molecule has 2 aromatic carbocycles. The Bertz CT molecular complexity index is 1120. The summed E-state index contributed by atoms with van der Waals surface area (Å²) in [7, 11) is 2.80. The van der Waals surface area contributed by atoms with Crippen LogP contribution in [0.5, 0.6) is 0 Å². The number of carbonyl (C=O) groups excluding carboxylic acids is 2. The molecule has 0 saturated heterocycles. The van der Waals surface area contributed by atoms with Gasteiger partial charge in [0.15, 0.2) is 0 Å². The quantitative estimate of drug-likeness (QED) is 0.624. The van der Waals surface area contributed by atoms with Crippen LogP contribution in [0.1, 0.15) is 26.3 Å². The van der Waals surface area contributed by atoms with E-state index in [1.165, 1.54) is 54.1 Å². The predicted octanol–water partition coefficient (Wildman–Crippen LogP) is 3.10. The number of hydrogen-bond acceptors (Lipinski definition) is 4. The zero-order chi connectivity index (χ0) is 21.0. The highest BCUT2D eigenvalue weighted by Crippen LogP contribution is 2.21. The van der Waals surface area contributed by atoms with Gasteiger partial charge in [0.25, 0.3) is 11.5 Å². The van der Waals surface area contributed by atoms with Crippen molar-refractivity contribution < 1.29 is 18.7 Å². The lowest BCUT2D eigenvalue weighted by Crippen LogP contribution is -2.30. The van der Waals surface area contributed by atoms with Crippen LogP contribution in [0, 0.1) is 5.82 Å². The minimum atomic E-state index is -0.559. The third kappa shape index (κ3) is 4.40. The summed E-state index contributed by atoms with van der Waals surface area (Å²) in [6, 6.07) is 15.2. The van der Waals surface area contributed by atoms with Crippen LogP contribution in [0.15, 0.2) is 71.7 Å². The van der Waals surface area contributed by atoms with Gasteiger partial charge in [-0.05, 0) is 35.9 Å². The molecule has 6 nitrogen and oxygen atoms in total. The Morgan fingerprint density at radius 3 is 2.55 bits per heavy atom. The first-order chi connectivity index (χ1) is 13.9. The maximum absolute atomic E-state index is 13.4.